The van der Waals surface area contributed by atoms with Gasteiger partial charge in [-0.3, -0.25) is 9.10 Å². The quantitative estimate of drug-likeness (QED) is 0.699. The minimum atomic E-state index is -3.40. The van der Waals surface area contributed by atoms with Gasteiger partial charge in [-0.25, -0.2) is 16.8 Å². The molecule has 0 N–H and O–H groups in total. The molecule has 9 heteroatoms. The Morgan fingerprint density at radius 3 is 2.13 bits per heavy atom. The molecule has 1 amide bonds. The van der Waals surface area contributed by atoms with Crippen LogP contribution in [0.4, 0.5) is 11.4 Å². The number of nitrogens with zero attached hydrogens (tertiary/aromatic N) is 2. The molecule has 0 spiro atoms. The molecule has 0 bridgehead atoms. The van der Waals surface area contributed by atoms with Gasteiger partial charge in [0.25, 0.3) is 5.91 Å². The summed E-state index contributed by atoms with van der Waals surface area (Å²) in [6.07, 6.45) is 2.85. The first-order chi connectivity index (χ1) is 13.8. The summed E-state index contributed by atoms with van der Waals surface area (Å²) in [4.78, 5) is 15.1. The zero-order valence-corrected chi connectivity index (χ0v) is 19.3. The molecule has 0 fully saturated rings. The van der Waals surface area contributed by atoms with Crippen molar-refractivity contribution in [1.29, 1.82) is 0 Å². The lowest BCUT2D eigenvalue weighted by atomic mass is 10.1. The number of hydrogen-bond donors (Lipinski definition) is 0. The molecule has 1 unspecified atom stereocenters. The minimum Gasteiger partial charge on any atom is -0.306 e. The summed E-state index contributed by atoms with van der Waals surface area (Å²) in [6.45, 7) is 5.60. The smallest absolute Gasteiger partial charge is 0.258 e. The number of fused-ring (bicyclic) bond motifs is 1. The highest BCUT2D eigenvalue weighted by Gasteiger charge is 2.33. The number of sulfonamides is 1. The standard InChI is InChI=1S/C21H26N2O5S2/c1-14(2)22(18-7-9-19(10-8-18)29(4,25)26)21(24)16-6-11-20-17(13-16)12-15(3)23(20)30(5,27)28/h6-11,13-15H,12H2,1-5H3. The van der Waals surface area contributed by atoms with Gasteiger partial charge in [0.1, 0.15) is 0 Å². The summed E-state index contributed by atoms with van der Waals surface area (Å²) in [5, 5.41) is 0. The third-order valence-electron chi connectivity index (χ3n) is 5.12. The molecule has 0 saturated heterocycles. The monoisotopic (exact) mass is 450 g/mol. The van der Waals surface area contributed by atoms with Crippen molar-refractivity contribution >= 4 is 37.1 Å². The number of carbonyl (C=O) groups is 1. The number of amides is 1. The number of anilines is 2. The summed E-state index contributed by atoms with van der Waals surface area (Å²) >= 11 is 0. The predicted octanol–water partition coefficient (Wildman–Crippen LogP) is 2.86. The van der Waals surface area contributed by atoms with Crippen LogP contribution in [0.2, 0.25) is 0 Å². The first-order valence-corrected chi connectivity index (χ1v) is 13.3. The summed E-state index contributed by atoms with van der Waals surface area (Å²) in [5.74, 6) is -0.231. The van der Waals surface area contributed by atoms with Crippen molar-refractivity contribution in [2.75, 3.05) is 21.7 Å². The van der Waals surface area contributed by atoms with Gasteiger partial charge in [-0.1, -0.05) is 0 Å². The molecule has 1 heterocycles. The molecular weight excluding hydrogens is 424 g/mol. The second kappa shape index (κ2) is 7.70. The summed E-state index contributed by atoms with van der Waals surface area (Å²) < 4.78 is 49.0. The third kappa shape index (κ3) is 4.22. The molecule has 0 aliphatic carbocycles. The number of benzene rings is 2. The number of hydrogen-bond acceptors (Lipinski definition) is 5. The SMILES string of the molecule is CC(C)N(C(=O)c1ccc2c(c1)CC(C)N2S(C)(=O)=O)c1ccc(S(C)(=O)=O)cc1. The van der Waals surface area contributed by atoms with Crippen LogP contribution < -0.4 is 9.21 Å². The van der Waals surface area contributed by atoms with E-state index in [1.165, 1.54) is 22.7 Å². The second-order valence-electron chi connectivity index (χ2n) is 7.99. The van der Waals surface area contributed by atoms with E-state index < -0.39 is 19.9 Å². The van der Waals surface area contributed by atoms with E-state index in [2.05, 4.69) is 0 Å². The molecule has 1 aliphatic rings. The molecule has 3 rings (SSSR count). The van der Waals surface area contributed by atoms with Gasteiger partial charge in [0.2, 0.25) is 10.0 Å². The van der Waals surface area contributed by atoms with Crippen molar-refractivity contribution in [2.24, 2.45) is 0 Å². The van der Waals surface area contributed by atoms with Crippen LogP contribution in [0.1, 0.15) is 36.7 Å². The van der Waals surface area contributed by atoms with E-state index in [-0.39, 0.29) is 22.9 Å². The van der Waals surface area contributed by atoms with Crippen LogP contribution in [0.25, 0.3) is 0 Å². The first kappa shape index (κ1) is 22.3. The summed E-state index contributed by atoms with van der Waals surface area (Å²) in [5.41, 5.74) is 2.47. The van der Waals surface area contributed by atoms with Gasteiger partial charge < -0.3 is 4.90 Å². The van der Waals surface area contributed by atoms with Gasteiger partial charge in [0.05, 0.1) is 16.8 Å². The Kier molecular flexibility index (Phi) is 5.72. The highest BCUT2D eigenvalue weighted by atomic mass is 32.2. The van der Waals surface area contributed by atoms with Crippen LogP contribution >= 0.6 is 0 Å². The zero-order valence-electron chi connectivity index (χ0n) is 17.7. The molecule has 0 saturated carbocycles. The molecule has 0 aromatic heterocycles. The van der Waals surface area contributed by atoms with E-state index in [0.29, 0.717) is 23.4 Å². The van der Waals surface area contributed by atoms with Gasteiger partial charge in [-0.15, -0.1) is 0 Å². The van der Waals surface area contributed by atoms with Gasteiger partial charge in [0.15, 0.2) is 9.84 Å². The van der Waals surface area contributed by atoms with Gasteiger partial charge in [-0.05, 0) is 75.2 Å². The molecule has 1 atom stereocenters. The van der Waals surface area contributed by atoms with E-state index >= 15 is 0 Å². The maximum atomic E-state index is 13.3. The van der Waals surface area contributed by atoms with Gasteiger partial charge in [-0.2, -0.15) is 0 Å². The topological polar surface area (TPSA) is 91.8 Å². The Hall–Kier alpha value is -2.39. The average Bonchev–Trinajstić information content (AvgIpc) is 2.96. The molecule has 30 heavy (non-hydrogen) atoms. The van der Waals surface area contributed by atoms with Crippen LogP contribution in [0.15, 0.2) is 47.4 Å². The number of rotatable bonds is 5. The predicted molar refractivity (Wildman–Crippen MR) is 118 cm³/mol. The zero-order chi connectivity index (χ0) is 22.4. The lowest BCUT2D eigenvalue weighted by Gasteiger charge is -2.27. The Morgan fingerprint density at radius 2 is 1.63 bits per heavy atom. The van der Waals surface area contributed by atoms with Gasteiger partial charge >= 0.3 is 0 Å². The van der Waals surface area contributed by atoms with E-state index in [1.54, 1.807) is 35.2 Å². The van der Waals surface area contributed by atoms with Crippen LogP contribution in [-0.4, -0.2) is 47.3 Å². The first-order valence-electron chi connectivity index (χ1n) is 9.56. The van der Waals surface area contributed by atoms with E-state index in [0.717, 1.165) is 11.8 Å². The molecule has 0 radical (unpaired) electrons. The molecule has 1 aliphatic heterocycles. The van der Waals surface area contributed by atoms with Crippen LogP contribution in [0.3, 0.4) is 0 Å². The average molecular weight is 451 g/mol. The van der Waals surface area contributed by atoms with Crippen molar-refractivity contribution in [2.45, 2.75) is 44.2 Å². The maximum Gasteiger partial charge on any atom is 0.258 e. The lowest BCUT2D eigenvalue weighted by molar-refractivity contribution is 0.0980. The highest BCUT2D eigenvalue weighted by molar-refractivity contribution is 7.92. The Morgan fingerprint density at radius 1 is 1.03 bits per heavy atom. The fourth-order valence-electron chi connectivity index (χ4n) is 3.88. The van der Waals surface area contributed by atoms with Crippen molar-refractivity contribution in [3.05, 3.63) is 53.6 Å². The fraction of sp³-hybridized carbons (Fsp3) is 0.381. The number of sulfone groups is 1. The summed E-state index contributed by atoms with van der Waals surface area (Å²) in [7, 11) is -6.72. The van der Waals surface area contributed by atoms with Crippen molar-refractivity contribution in [3.8, 4) is 0 Å². The molecule has 2 aromatic rings. The molecular formula is C21H26N2O5S2. The Balaban J connectivity index is 1.97. The minimum absolute atomic E-state index is 0.165. The molecule has 162 valence electrons. The van der Waals surface area contributed by atoms with E-state index in [9.17, 15) is 21.6 Å². The largest absolute Gasteiger partial charge is 0.306 e. The third-order valence-corrected chi connectivity index (χ3v) is 7.51. The van der Waals surface area contributed by atoms with E-state index in [1.807, 2.05) is 20.8 Å². The summed E-state index contributed by atoms with van der Waals surface area (Å²) in [6, 6.07) is 10.9. The van der Waals surface area contributed by atoms with Crippen molar-refractivity contribution in [3.63, 3.8) is 0 Å². The Labute approximate surface area is 178 Å². The van der Waals surface area contributed by atoms with Gasteiger partial charge in [0, 0.05) is 29.6 Å². The maximum absolute atomic E-state index is 13.3. The van der Waals surface area contributed by atoms with Crippen LogP contribution in [-0.2, 0) is 26.3 Å². The highest BCUT2D eigenvalue weighted by Crippen LogP contribution is 2.35. The normalized spacial score (nSPS) is 16.6. The van der Waals surface area contributed by atoms with Crippen molar-refractivity contribution in [1.82, 2.24) is 0 Å². The van der Waals surface area contributed by atoms with E-state index in [4.69, 9.17) is 0 Å². The fourth-order valence-corrected chi connectivity index (χ4v) is 5.78. The van der Waals surface area contributed by atoms with Crippen LogP contribution in [0, 0.1) is 0 Å². The molecule has 2 aromatic carbocycles. The Bertz CT molecular complexity index is 1190. The molecule has 7 nitrogen and oxygen atoms in total. The van der Waals surface area contributed by atoms with Crippen LogP contribution in [0.5, 0.6) is 0 Å². The lowest BCUT2D eigenvalue weighted by Crippen LogP contribution is -2.37. The van der Waals surface area contributed by atoms with Crippen molar-refractivity contribution < 1.29 is 21.6 Å². The number of carbonyl (C=O) groups excluding carboxylic acids is 1. The second-order valence-corrected chi connectivity index (χ2v) is 11.9.